The van der Waals surface area contributed by atoms with Crippen LogP contribution >= 0.6 is 0 Å². The highest BCUT2D eigenvalue weighted by atomic mass is 32.2. The van der Waals surface area contributed by atoms with Crippen molar-refractivity contribution in [3.05, 3.63) is 53.7 Å². The third-order valence-electron chi connectivity index (χ3n) is 3.91. The van der Waals surface area contributed by atoms with E-state index in [0.717, 1.165) is 6.07 Å². The largest absolute Gasteiger partial charge is 0.456 e. The zero-order valence-corrected chi connectivity index (χ0v) is 13.9. The summed E-state index contributed by atoms with van der Waals surface area (Å²) in [7, 11) is -3.76. The lowest BCUT2D eigenvalue weighted by molar-refractivity contribution is 0.0664. The van der Waals surface area contributed by atoms with E-state index in [1.54, 1.807) is 24.0 Å². The minimum atomic E-state index is -3.76. The second-order valence-corrected chi connectivity index (χ2v) is 7.50. The van der Waals surface area contributed by atoms with E-state index in [2.05, 4.69) is 0 Å². The first-order valence-electron chi connectivity index (χ1n) is 7.49. The molecule has 0 atom stereocenters. The Bertz CT molecular complexity index is 854. The molecule has 6 nitrogen and oxygen atoms in total. The number of amides is 1. The lowest BCUT2D eigenvalue weighted by Gasteiger charge is -2.33. The first-order chi connectivity index (χ1) is 11.4. The number of piperazine rings is 1. The predicted octanol–water partition coefficient (Wildman–Crippen LogP) is 1.87. The highest BCUT2D eigenvalue weighted by Crippen LogP contribution is 2.19. The van der Waals surface area contributed by atoms with E-state index < -0.39 is 15.8 Å². The van der Waals surface area contributed by atoms with E-state index in [-0.39, 0.29) is 42.7 Å². The second-order valence-electron chi connectivity index (χ2n) is 5.56. The summed E-state index contributed by atoms with van der Waals surface area (Å²) in [4.78, 5) is 13.8. The van der Waals surface area contributed by atoms with Crippen molar-refractivity contribution in [1.29, 1.82) is 0 Å². The summed E-state index contributed by atoms with van der Waals surface area (Å²) in [6.07, 6.45) is 0. The molecule has 1 aliphatic rings. The Morgan fingerprint density at radius 1 is 1.12 bits per heavy atom. The van der Waals surface area contributed by atoms with Crippen molar-refractivity contribution in [2.75, 3.05) is 26.2 Å². The van der Waals surface area contributed by atoms with Crippen LogP contribution in [0.5, 0.6) is 0 Å². The number of carbonyl (C=O) groups excluding carboxylic acids is 1. The van der Waals surface area contributed by atoms with E-state index in [4.69, 9.17) is 4.42 Å². The smallest absolute Gasteiger partial charge is 0.289 e. The van der Waals surface area contributed by atoms with Crippen molar-refractivity contribution in [1.82, 2.24) is 9.21 Å². The molecule has 128 valence electrons. The van der Waals surface area contributed by atoms with Crippen LogP contribution in [0.25, 0.3) is 0 Å². The molecule has 0 spiro atoms. The van der Waals surface area contributed by atoms with Crippen LogP contribution in [-0.2, 0) is 10.0 Å². The van der Waals surface area contributed by atoms with E-state index in [9.17, 15) is 17.6 Å². The predicted molar refractivity (Wildman–Crippen MR) is 84.5 cm³/mol. The average molecular weight is 352 g/mol. The van der Waals surface area contributed by atoms with Crippen LogP contribution in [0, 0.1) is 12.7 Å². The SMILES string of the molecule is Cc1ccc(C(=O)N2CCN(S(=O)(=O)c3cccc(F)c3)CC2)o1. The Morgan fingerprint density at radius 2 is 1.83 bits per heavy atom. The lowest BCUT2D eigenvalue weighted by atomic mass is 10.3. The normalized spacial score (nSPS) is 16.3. The number of carbonyl (C=O) groups is 1. The van der Waals surface area contributed by atoms with Crippen molar-refractivity contribution < 1.29 is 22.0 Å². The molecule has 0 bridgehead atoms. The van der Waals surface area contributed by atoms with Crippen molar-refractivity contribution in [3.63, 3.8) is 0 Å². The minimum Gasteiger partial charge on any atom is -0.456 e. The van der Waals surface area contributed by atoms with E-state index in [0.29, 0.717) is 5.76 Å². The van der Waals surface area contributed by atoms with Crippen molar-refractivity contribution in [2.24, 2.45) is 0 Å². The summed E-state index contributed by atoms with van der Waals surface area (Å²) < 4.78 is 44.9. The number of halogens is 1. The Balaban J connectivity index is 1.69. The van der Waals surface area contributed by atoms with Gasteiger partial charge in [0, 0.05) is 26.2 Å². The monoisotopic (exact) mass is 352 g/mol. The van der Waals surface area contributed by atoms with Gasteiger partial charge in [-0.15, -0.1) is 0 Å². The molecule has 24 heavy (non-hydrogen) atoms. The number of furan rings is 1. The molecule has 1 fully saturated rings. The summed E-state index contributed by atoms with van der Waals surface area (Å²) in [6, 6.07) is 8.23. The molecule has 0 N–H and O–H groups in total. The Morgan fingerprint density at radius 3 is 2.42 bits per heavy atom. The maximum atomic E-state index is 13.3. The minimum absolute atomic E-state index is 0.0797. The van der Waals surface area contributed by atoms with E-state index >= 15 is 0 Å². The summed E-state index contributed by atoms with van der Waals surface area (Å²) in [6.45, 7) is 2.58. The number of nitrogens with zero attached hydrogens (tertiary/aromatic N) is 2. The number of aryl methyl sites for hydroxylation is 1. The third-order valence-corrected chi connectivity index (χ3v) is 5.81. The Hall–Kier alpha value is -2.19. The molecule has 0 unspecified atom stereocenters. The quantitative estimate of drug-likeness (QED) is 0.846. The fourth-order valence-corrected chi connectivity index (χ4v) is 4.07. The molecule has 2 heterocycles. The molecular weight excluding hydrogens is 335 g/mol. The zero-order valence-electron chi connectivity index (χ0n) is 13.1. The van der Waals surface area contributed by atoms with Crippen LogP contribution in [-0.4, -0.2) is 49.7 Å². The summed E-state index contributed by atoms with van der Waals surface area (Å²) in [5, 5.41) is 0. The average Bonchev–Trinajstić information content (AvgIpc) is 3.01. The molecule has 1 amide bonds. The van der Waals surface area contributed by atoms with Crippen molar-refractivity contribution in [2.45, 2.75) is 11.8 Å². The molecule has 0 aliphatic carbocycles. The van der Waals surface area contributed by atoms with Gasteiger partial charge in [-0.05, 0) is 37.3 Å². The molecule has 0 radical (unpaired) electrons. The van der Waals surface area contributed by atoms with Gasteiger partial charge >= 0.3 is 0 Å². The van der Waals surface area contributed by atoms with E-state index in [1.807, 2.05) is 0 Å². The Kier molecular flexibility index (Phi) is 4.42. The van der Waals surface area contributed by atoms with Gasteiger partial charge in [0.1, 0.15) is 11.6 Å². The van der Waals surface area contributed by atoms with Gasteiger partial charge in [-0.1, -0.05) is 6.07 Å². The van der Waals surface area contributed by atoms with Gasteiger partial charge in [-0.25, -0.2) is 12.8 Å². The van der Waals surface area contributed by atoms with Gasteiger partial charge in [0.25, 0.3) is 5.91 Å². The van der Waals surface area contributed by atoms with Gasteiger partial charge in [-0.2, -0.15) is 4.31 Å². The molecule has 1 aromatic heterocycles. The second kappa shape index (κ2) is 6.37. The molecule has 2 aromatic rings. The standard InChI is InChI=1S/C16H17FN2O4S/c1-12-5-6-15(23-12)16(20)18-7-9-19(10-8-18)24(21,22)14-4-2-3-13(17)11-14/h2-6,11H,7-10H2,1H3. The molecule has 1 aromatic carbocycles. The van der Waals surface area contributed by atoms with Crippen LogP contribution in [0.15, 0.2) is 45.7 Å². The summed E-state index contributed by atoms with van der Waals surface area (Å²) >= 11 is 0. The summed E-state index contributed by atoms with van der Waals surface area (Å²) in [5.41, 5.74) is 0. The van der Waals surface area contributed by atoms with Crippen LogP contribution in [0.1, 0.15) is 16.3 Å². The highest BCUT2D eigenvalue weighted by molar-refractivity contribution is 7.89. The Labute approximate surface area is 139 Å². The number of hydrogen-bond donors (Lipinski definition) is 0. The third kappa shape index (κ3) is 3.20. The number of hydrogen-bond acceptors (Lipinski definition) is 4. The van der Waals surface area contributed by atoms with Crippen LogP contribution in [0.4, 0.5) is 4.39 Å². The fourth-order valence-electron chi connectivity index (χ4n) is 2.61. The molecule has 8 heteroatoms. The topological polar surface area (TPSA) is 70.8 Å². The van der Waals surface area contributed by atoms with Gasteiger partial charge in [0.2, 0.25) is 10.0 Å². The number of benzene rings is 1. The van der Waals surface area contributed by atoms with Crippen LogP contribution < -0.4 is 0 Å². The zero-order chi connectivity index (χ0) is 17.3. The maximum absolute atomic E-state index is 13.3. The molecule has 1 saturated heterocycles. The molecule has 3 rings (SSSR count). The van der Waals surface area contributed by atoms with Gasteiger partial charge < -0.3 is 9.32 Å². The van der Waals surface area contributed by atoms with Crippen molar-refractivity contribution in [3.8, 4) is 0 Å². The molecule has 0 saturated carbocycles. The maximum Gasteiger partial charge on any atom is 0.289 e. The first kappa shape index (κ1) is 16.7. The van der Waals surface area contributed by atoms with Crippen LogP contribution in [0.2, 0.25) is 0 Å². The van der Waals surface area contributed by atoms with Crippen LogP contribution in [0.3, 0.4) is 0 Å². The van der Waals surface area contributed by atoms with Gasteiger partial charge in [-0.3, -0.25) is 4.79 Å². The van der Waals surface area contributed by atoms with Gasteiger partial charge in [0.05, 0.1) is 4.90 Å². The summed E-state index contributed by atoms with van der Waals surface area (Å²) in [5.74, 6) is 0.0311. The first-order valence-corrected chi connectivity index (χ1v) is 8.93. The highest BCUT2D eigenvalue weighted by Gasteiger charge is 2.31. The van der Waals surface area contributed by atoms with Crippen molar-refractivity contribution >= 4 is 15.9 Å². The molecular formula is C16H17FN2O4S. The van der Waals surface area contributed by atoms with Gasteiger partial charge in [0.15, 0.2) is 5.76 Å². The number of rotatable bonds is 3. The lowest BCUT2D eigenvalue weighted by Crippen LogP contribution is -2.50. The molecule has 1 aliphatic heterocycles. The fraction of sp³-hybridized carbons (Fsp3) is 0.312. The van der Waals surface area contributed by atoms with E-state index in [1.165, 1.54) is 22.5 Å². The number of sulfonamides is 1.